The van der Waals surface area contributed by atoms with Gasteiger partial charge >= 0.3 is 5.97 Å². The summed E-state index contributed by atoms with van der Waals surface area (Å²) in [7, 11) is 0. The van der Waals surface area contributed by atoms with E-state index < -0.39 is 5.97 Å². The lowest BCUT2D eigenvalue weighted by Crippen LogP contribution is -1.89. The van der Waals surface area contributed by atoms with Gasteiger partial charge in [-0.05, 0) is 17.7 Å². The molecule has 5 nitrogen and oxygen atoms in total. The van der Waals surface area contributed by atoms with Crippen molar-refractivity contribution in [1.29, 1.82) is 0 Å². The molecular formula is C9H7N3O2. The number of rotatable bonds is 2. The van der Waals surface area contributed by atoms with E-state index in [9.17, 15) is 4.79 Å². The minimum atomic E-state index is -0.969. The second kappa shape index (κ2) is 3.29. The molecule has 2 rings (SSSR count). The van der Waals surface area contributed by atoms with Crippen LogP contribution in [-0.2, 0) is 4.79 Å². The smallest absolute Gasteiger partial charge is 0.328 e. The Morgan fingerprint density at radius 2 is 2.36 bits per heavy atom. The van der Waals surface area contributed by atoms with E-state index in [-0.39, 0.29) is 0 Å². The van der Waals surface area contributed by atoms with E-state index in [2.05, 4.69) is 10.3 Å². The number of hydrogen-bond donors (Lipinski definition) is 1. The zero-order chi connectivity index (χ0) is 9.97. The summed E-state index contributed by atoms with van der Waals surface area (Å²) in [6, 6.07) is 3.62. The van der Waals surface area contributed by atoms with Gasteiger partial charge in [0.1, 0.15) is 0 Å². The first kappa shape index (κ1) is 8.43. The molecule has 70 valence electrons. The van der Waals surface area contributed by atoms with Crippen LogP contribution in [0.2, 0.25) is 0 Å². The first-order chi connectivity index (χ1) is 6.75. The Labute approximate surface area is 79.3 Å². The SMILES string of the molecule is O=C(O)/C=C/c1ccc2cnnn2c1. The Hall–Kier alpha value is -2.17. The highest BCUT2D eigenvalue weighted by Crippen LogP contribution is 2.05. The standard InChI is InChI=1S/C9H7N3O2/c13-9(14)4-2-7-1-3-8-5-10-11-12(8)6-7/h1-6H,(H,13,14)/b4-2+. The van der Waals surface area contributed by atoms with E-state index in [1.807, 2.05) is 6.07 Å². The highest BCUT2D eigenvalue weighted by molar-refractivity contribution is 5.85. The lowest BCUT2D eigenvalue weighted by Gasteiger charge is -1.93. The molecule has 0 radical (unpaired) electrons. The van der Waals surface area contributed by atoms with Gasteiger partial charge in [-0.1, -0.05) is 11.3 Å². The molecule has 0 saturated heterocycles. The van der Waals surface area contributed by atoms with Crippen molar-refractivity contribution in [3.05, 3.63) is 36.2 Å². The first-order valence-corrected chi connectivity index (χ1v) is 3.97. The number of aromatic nitrogens is 3. The maximum absolute atomic E-state index is 10.3. The molecule has 14 heavy (non-hydrogen) atoms. The van der Waals surface area contributed by atoms with Crippen molar-refractivity contribution in [3.8, 4) is 0 Å². The number of carbonyl (C=O) groups is 1. The zero-order valence-corrected chi connectivity index (χ0v) is 7.16. The fourth-order valence-corrected chi connectivity index (χ4v) is 1.10. The second-order valence-corrected chi connectivity index (χ2v) is 2.74. The Morgan fingerprint density at radius 3 is 3.14 bits per heavy atom. The van der Waals surface area contributed by atoms with Crippen LogP contribution in [0.4, 0.5) is 0 Å². The molecule has 0 atom stereocenters. The molecule has 0 amide bonds. The van der Waals surface area contributed by atoms with E-state index in [4.69, 9.17) is 5.11 Å². The molecule has 1 N–H and O–H groups in total. The lowest BCUT2D eigenvalue weighted by atomic mass is 10.2. The average molecular weight is 189 g/mol. The van der Waals surface area contributed by atoms with Crippen molar-refractivity contribution in [1.82, 2.24) is 14.8 Å². The number of hydrogen-bond acceptors (Lipinski definition) is 3. The zero-order valence-electron chi connectivity index (χ0n) is 7.16. The van der Waals surface area contributed by atoms with Crippen LogP contribution in [0.15, 0.2) is 30.6 Å². The van der Waals surface area contributed by atoms with Gasteiger partial charge in [0.2, 0.25) is 0 Å². The van der Waals surface area contributed by atoms with Crippen LogP contribution in [-0.4, -0.2) is 25.9 Å². The highest BCUT2D eigenvalue weighted by Gasteiger charge is 1.94. The van der Waals surface area contributed by atoms with Crippen LogP contribution in [0.5, 0.6) is 0 Å². The van der Waals surface area contributed by atoms with Gasteiger partial charge in [-0.3, -0.25) is 0 Å². The summed E-state index contributed by atoms with van der Waals surface area (Å²) in [4.78, 5) is 10.3. The van der Waals surface area contributed by atoms with Crippen molar-refractivity contribution in [2.45, 2.75) is 0 Å². The molecule has 2 aromatic rings. The number of aliphatic carboxylic acids is 1. The summed E-state index contributed by atoms with van der Waals surface area (Å²) in [6.07, 6.45) is 5.92. The summed E-state index contributed by atoms with van der Waals surface area (Å²) in [6.45, 7) is 0. The minimum Gasteiger partial charge on any atom is -0.478 e. The maximum Gasteiger partial charge on any atom is 0.328 e. The molecule has 0 aromatic carbocycles. The fourth-order valence-electron chi connectivity index (χ4n) is 1.10. The number of carboxylic acid groups (broad SMARTS) is 1. The summed E-state index contributed by atoms with van der Waals surface area (Å²) in [5.74, 6) is -0.969. The largest absolute Gasteiger partial charge is 0.478 e. The molecule has 0 aliphatic heterocycles. The predicted octanol–water partition coefficient (Wildman–Crippen LogP) is 0.827. The van der Waals surface area contributed by atoms with Crippen molar-refractivity contribution in [2.75, 3.05) is 0 Å². The van der Waals surface area contributed by atoms with Crippen LogP contribution in [0, 0.1) is 0 Å². The molecule has 0 bridgehead atoms. The van der Waals surface area contributed by atoms with E-state index in [1.165, 1.54) is 6.08 Å². The molecule has 0 fully saturated rings. The van der Waals surface area contributed by atoms with Crippen LogP contribution in [0.25, 0.3) is 11.6 Å². The molecule has 2 aromatic heterocycles. The Morgan fingerprint density at radius 1 is 1.50 bits per heavy atom. The van der Waals surface area contributed by atoms with Crippen LogP contribution in [0.3, 0.4) is 0 Å². The molecule has 0 aliphatic rings. The summed E-state index contributed by atoms with van der Waals surface area (Å²) >= 11 is 0. The van der Waals surface area contributed by atoms with E-state index in [1.54, 1.807) is 23.0 Å². The number of nitrogens with zero attached hydrogens (tertiary/aromatic N) is 3. The molecule has 0 saturated carbocycles. The number of carboxylic acids is 1. The van der Waals surface area contributed by atoms with Gasteiger partial charge < -0.3 is 5.11 Å². The molecule has 0 unspecified atom stereocenters. The van der Waals surface area contributed by atoms with Crippen molar-refractivity contribution in [3.63, 3.8) is 0 Å². The molecular weight excluding hydrogens is 182 g/mol. The fraction of sp³-hybridized carbons (Fsp3) is 0. The monoisotopic (exact) mass is 189 g/mol. The van der Waals surface area contributed by atoms with Gasteiger partial charge in [0, 0.05) is 12.3 Å². The van der Waals surface area contributed by atoms with Gasteiger partial charge in [0.05, 0.1) is 11.7 Å². The summed E-state index contributed by atoms with van der Waals surface area (Å²) in [5.41, 5.74) is 1.64. The van der Waals surface area contributed by atoms with Crippen LogP contribution >= 0.6 is 0 Å². The molecule has 5 heteroatoms. The molecule has 0 aliphatic carbocycles. The number of pyridine rings is 1. The highest BCUT2D eigenvalue weighted by atomic mass is 16.4. The van der Waals surface area contributed by atoms with E-state index in [0.717, 1.165) is 17.2 Å². The number of fused-ring (bicyclic) bond motifs is 1. The van der Waals surface area contributed by atoms with Gasteiger partial charge in [-0.25, -0.2) is 9.31 Å². The van der Waals surface area contributed by atoms with Gasteiger partial charge in [0.15, 0.2) is 0 Å². The van der Waals surface area contributed by atoms with Gasteiger partial charge in [-0.2, -0.15) is 0 Å². The second-order valence-electron chi connectivity index (χ2n) is 2.74. The summed E-state index contributed by atoms with van der Waals surface area (Å²) < 4.78 is 1.58. The van der Waals surface area contributed by atoms with E-state index >= 15 is 0 Å². The Bertz CT molecular complexity index is 501. The molecule has 0 spiro atoms. The maximum atomic E-state index is 10.3. The quantitative estimate of drug-likeness (QED) is 0.710. The Kier molecular flexibility index (Phi) is 1.98. The van der Waals surface area contributed by atoms with Crippen molar-refractivity contribution in [2.24, 2.45) is 0 Å². The Balaban J connectivity index is 2.39. The third-order valence-corrected chi connectivity index (χ3v) is 1.74. The normalized spacial score (nSPS) is 11.1. The van der Waals surface area contributed by atoms with Crippen LogP contribution < -0.4 is 0 Å². The topological polar surface area (TPSA) is 67.5 Å². The van der Waals surface area contributed by atoms with Crippen molar-refractivity contribution < 1.29 is 9.90 Å². The van der Waals surface area contributed by atoms with Crippen LogP contribution in [0.1, 0.15) is 5.56 Å². The molecule has 2 heterocycles. The predicted molar refractivity (Wildman–Crippen MR) is 49.7 cm³/mol. The average Bonchev–Trinajstić information content (AvgIpc) is 2.61. The van der Waals surface area contributed by atoms with Crippen molar-refractivity contribution >= 4 is 17.6 Å². The van der Waals surface area contributed by atoms with Gasteiger partial charge in [-0.15, -0.1) is 5.10 Å². The lowest BCUT2D eigenvalue weighted by molar-refractivity contribution is -0.131. The minimum absolute atomic E-state index is 0.769. The third-order valence-electron chi connectivity index (χ3n) is 1.74. The van der Waals surface area contributed by atoms with E-state index in [0.29, 0.717) is 0 Å². The first-order valence-electron chi connectivity index (χ1n) is 3.97. The summed E-state index contributed by atoms with van der Waals surface area (Å²) in [5, 5.41) is 15.9. The van der Waals surface area contributed by atoms with Gasteiger partial charge in [0.25, 0.3) is 0 Å². The third kappa shape index (κ3) is 1.61.